The third-order valence-electron chi connectivity index (χ3n) is 3.52. The molecule has 0 aromatic heterocycles. The summed E-state index contributed by atoms with van der Waals surface area (Å²) in [5.74, 6) is 1.16. The Morgan fingerprint density at radius 2 is 1.73 bits per heavy atom. The first-order chi connectivity index (χ1) is 5.38. The van der Waals surface area contributed by atoms with Crippen molar-refractivity contribution in [3.05, 3.63) is 0 Å². The third-order valence-corrected chi connectivity index (χ3v) is 6.35. The molecule has 1 heterocycles. The Kier molecular flexibility index (Phi) is 2.51. The van der Waals surface area contributed by atoms with Crippen LogP contribution in [-0.2, 0) is 0 Å². The molecule has 1 heteroatoms. The second-order valence-corrected chi connectivity index (χ2v) is 6.86. The Hall–Kier alpha value is 0.430. The van der Waals surface area contributed by atoms with Crippen LogP contribution in [0.3, 0.4) is 0 Å². The standard InChI is InChI=1S/C10H19P/c1-11-8-4-7-10(11)9-5-2-3-6-9/h9-10H,2-8H2,1H3/t10-,11?/m1/s1. The highest BCUT2D eigenvalue weighted by Gasteiger charge is 2.31. The zero-order chi connectivity index (χ0) is 7.68. The van der Waals surface area contributed by atoms with Crippen LogP contribution in [0.4, 0.5) is 0 Å². The summed E-state index contributed by atoms with van der Waals surface area (Å²) in [4.78, 5) is 0. The van der Waals surface area contributed by atoms with E-state index in [9.17, 15) is 0 Å². The predicted octanol–water partition coefficient (Wildman–Crippen LogP) is 3.45. The summed E-state index contributed by atoms with van der Waals surface area (Å²) in [6.45, 7) is 2.53. The highest BCUT2D eigenvalue weighted by molar-refractivity contribution is 7.57. The summed E-state index contributed by atoms with van der Waals surface area (Å²) in [5.41, 5.74) is 1.19. The Morgan fingerprint density at radius 3 is 2.27 bits per heavy atom. The molecule has 1 aliphatic carbocycles. The molecule has 1 saturated heterocycles. The van der Waals surface area contributed by atoms with Gasteiger partial charge in [0.15, 0.2) is 0 Å². The normalized spacial score (nSPS) is 40.1. The molecule has 1 saturated carbocycles. The number of hydrogen-bond donors (Lipinski definition) is 0. The lowest BCUT2D eigenvalue weighted by Gasteiger charge is -2.22. The van der Waals surface area contributed by atoms with Crippen molar-refractivity contribution in [3.8, 4) is 0 Å². The quantitative estimate of drug-likeness (QED) is 0.529. The molecule has 2 atom stereocenters. The van der Waals surface area contributed by atoms with Crippen LogP contribution in [0.15, 0.2) is 0 Å². The second kappa shape index (κ2) is 3.44. The molecule has 0 aromatic carbocycles. The van der Waals surface area contributed by atoms with Gasteiger partial charge in [-0.2, -0.15) is 0 Å². The molecule has 2 rings (SSSR count). The topological polar surface area (TPSA) is 0 Å². The predicted molar refractivity (Wildman–Crippen MR) is 52.7 cm³/mol. The third kappa shape index (κ3) is 1.61. The molecular formula is C10H19P. The molecule has 11 heavy (non-hydrogen) atoms. The maximum absolute atomic E-state index is 2.53. The van der Waals surface area contributed by atoms with E-state index >= 15 is 0 Å². The van der Waals surface area contributed by atoms with Crippen molar-refractivity contribution >= 4 is 7.92 Å². The minimum Gasteiger partial charge on any atom is -0.106 e. The first kappa shape index (κ1) is 8.05. The highest BCUT2D eigenvalue weighted by atomic mass is 31.1. The fraction of sp³-hybridized carbons (Fsp3) is 1.00. The van der Waals surface area contributed by atoms with Gasteiger partial charge < -0.3 is 0 Å². The van der Waals surface area contributed by atoms with Gasteiger partial charge in [-0.3, -0.25) is 0 Å². The average Bonchev–Trinajstić information content (AvgIpc) is 2.55. The van der Waals surface area contributed by atoms with E-state index in [0.717, 1.165) is 5.92 Å². The van der Waals surface area contributed by atoms with E-state index < -0.39 is 0 Å². The van der Waals surface area contributed by atoms with Crippen LogP contribution in [-0.4, -0.2) is 18.5 Å². The van der Waals surface area contributed by atoms with Crippen LogP contribution in [0, 0.1) is 5.92 Å². The molecule has 0 bridgehead atoms. The van der Waals surface area contributed by atoms with Crippen LogP contribution >= 0.6 is 7.92 Å². The summed E-state index contributed by atoms with van der Waals surface area (Å²) in [7, 11) is 0.461. The largest absolute Gasteiger partial charge is 0.106 e. The summed E-state index contributed by atoms with van der Waals surface area (Å²) in [6, 6.07) is 0. The lowest BCUT2D eigenvalue weighted by molar-refractivity contribution is 0.505. The molecular weight excluding hydrogens is 151 g/mol. The molecule has 1 unspecified atom stereocenters. The minimum absolute atomic E-state index is 0.461. The van der Waals surface area contributed by atoms with Gasteiger partial charge in [0, 0.05) is 0 Å². The van der Waals surface area contributed by atoms with Crippen LogP contribution in [0.25, 0.3) is 0 Å². The van der Waals surface area contributed by atoms with Crippen LogP contribution in [0.2, 0.25) is 0 Å². The fourth-order valence-corrected chi connectivity index (χ4v) is 5.53. The zero-order valence-corrected chi connectivity index (χ0v) is 8.45. The fourth-order valence-electron chi connectivity index (χ4n) is 2.87. The van der Waals surface area contributed by atoms with Crippen LogP contribution < -0.4 is 0 Å². The maximum Gasteiger partial charge on any atom is -0.0183 e. The van der Waals surface area contributed by atoms with E-state index in [-0.39, 0.29) is 0 Å². The summed E-state index contributed by atoms with van der Waals surface area (Å²) < 4.78 is 0. The van der Waals surface area contributed by atoms with Crippen molar-refractivity contribution in [3.63, 3.8) is 0 Å². The van der Waals surface area contributed by atoms with Crippen molar-refractivity contribution in [2.75, 3.05) is 12.8 Å². The first-order valence-corrected chi connectivity index (χ1v) is 7.12. The first-order valence-electron chi connectivity index (χ1n) is 5.08. The molecule has 0 radical (unpaired) electrons. The van der Waals surface area contributed by atoms with Gasteiger partial charge in [0.1, 0.15) is 0 Å². The van der Waals surface area contributed by atoms with Crippen LogP contribution in [0.1, 0.15) is 38.5 Å². The van der Waals surface area contributed by atoms with Crippen LogP contribution in [0.5, 0.6) is 0 Å². The monoisotopic (exact) mass is 170 g/mol. The van der Waals surface area contributed by atoms with E-state index in [1.165, 1.54) is 18.5 Å². The Morgan fingerprint density at radius 1 is 1.00 bits per heavy atom. The van der Waals surface area contributed by atoms with Gasteiger partial charge in [-0.05, 0) is 50.1 Å². The molecule has 0 nitrogen and oxygen atoms in total. The van der Waals surface area contributed by atoms with Crippen molar-refractivity contribution < 1.29 is 0 Å². The highest BCUT2D eigenvalue weighted by Crippen LogP contribution is 2.53. The molecule has 1 aliphatic heterocycles. The maximum atomic E-state index is 2.53. The SMILES string of the molecule is CP1CCC[C@@H]1C1CCCC1. The van der Waals surface area contributed by atoms with Gasteiger partial charge in [0.25, 0.3) is 0 Å². The Labute approximate surface area is 71.5 Å². The van der Waals surface area contributed by atoms with Gasteiger partial charge in [-0.15, -0.1) is 7.92 Å². The van der Waals surface area contributed by atoms with Crippen molar-refractivity contribution in [2.45, 2.75) is 44.2 Å². The smallest absolute Gasteiger partial charge is 0.0183 e. The van der Waals surface area contributed by atoms with Crippen molar-refractivity contribution in [1.29, 1.82) is 0 Å². The molecule has 0 amide bonds. The number of rotatable bonds is 1. The van der Waals surface area contributed by atoms with E-state index in [1.807, 2.05) is 0 Å². The molecule has 64 valence electrons. The Balaban J connectivity index is 1.92. The lowest BCUT2D eigenvalue weighted by Crippen LogP contribution is -2.11. The van der Waals surface area contributed by atoms with E-state index in [0.29, 0.717) is 7.92 Å². The minimum atomic E-state index is 0.461. The second-order valence-electron chi connectivity index (χ2n) is 4.23. The van der Waals surface area contributed by atoms with Gasteiger partial charge in [0.2, 0.25) is 0 Å². The zero-order valence-electron chi connectivity index (χ0n) is 7.55. The van der Waals surface area contributed by atoms with E-state index in [2.05, 4.69) is 6.66 Å². The van der Waals surface area contributed by atoms with Gasteiger partial charge >= 0.3 is 0 Å². The summed E-state index contributed by atoms with van der Waals surface area (Å²) >= 11 is 0. The lowest BCUT2D eigenvalue weighted by atomic mass is 10.0. The molecule has 0 aromatic rings. The summed E-state index contributed by atoms with van der Waals surface area (Å²) in [6.07, 6.45) is 10.9. The van der Waals surface area contributed by atoms with Crippen molar-refractivity contribution in [2.24, 2.45) is 5.92 Å². The molecule has 2 aliphatic rings. The molecule has 0 spiro atoms. The van der Waals surface area contributed by atoms with Gasteiger partial charge in [-0.25, -0.2) is 0 Å². The average molecular weight is 170 g/mol. The number of hydrogen-bond acceptors (Lipinski definition) is 0. The molecule has 2 fully saturated rings. The summed E-state index contributed by atoms with van der Waals surface area (Å²) in [5, 5.41) is 0. The van der Waals surface area contributed by atoms with E-state index in [1.54, 1.807) is 31.8 Å². The molecule has 0 N–H and O–H groups in total. The van der Waals surface area contributed by atoms with E-state index in [4.69, 9.17) is 0 Å². The van der Waals surface area contributed by atoms with Gasteiger partial charge in [0.05, 0.1) is 0 Å². The Bertz CT molecular complexity index is 127. The van der Waals surface area contributed by atoms with Crippen molar-refractivity contribution in [1.82, 2.24) is 0 Å². The van der Waals surface area contributed by atoms with Gasteiger partial charge in [-0.1, -0.05) is 12.8 Å².